The number of carbonyl (C=O) groups excluding carboxylic acids is 1. The molecule has 0 saturated carbocycles. The van der Waals surface area contributed by atoms with Crippen molar-refractivity contribution in [2.45, 2.75) is 6.42 Å². The molecule has 7 heteroatoms. The SMILES string of the molecule is O=C(Nc1cccc(-n2c(=O)c(Cc3ccccc3)nc3cccnc32)c1)c1cccs1. The molecule has 0 aliphatic heterocycles. The summed E-state index contributed by atoms with van der Waals surface area (Å²) in [7, 11) is 0. The van der Waals surface area contributed by atoms with Crippen LogP contribution >= 0.6 is 11.3 Å². The first-order chi connectivity index (χ1) is 15.7. The van der Waals surface area contributed by atoms with E-state index in [0.29, 0.717) is 39.5 Å². The highest BCUT2D eigenvalue weighted by atomic mass is 32.1. The van der Waals surface area contributed by atoms with Crippen molar-refractivity contribution >= 4 is 34.1 Å². The zero-order chi connectivity index (χ0) is 21.9. The van der Waals surface area contributed by atoms with E-state index in [0.717, 1.165) is 5.56 Å². The Kier molecular flexibility index (Phi) is 5.31. The molecule has 32 heavy (non-hydrogen) atoms. The smallest absolute Gasteiger partial charge is 0.278 e. The van der Waals surface area contributed by atoms with Gasteiger partial charge in [0.1, 0.15) is 11.2 Å². The van der Waals surface area contributed by atoms with Gasteiger partial charge >= 0.3 is 0 Å². The minimum absolute atomic E-state index is 0.188. The van der Waals surface area contributed by atoms with Crippen LogP contribution in [0.2, 0.25) is 0 Å². The molecular weight excluding hydrogens is 420 g/mol. The Morgan fingerprint density at radius 2 is 1.84 bits per heavy atom. The molecule has 0 fully saturated rings. The average Bonchev–Trinajstić information content (AvgIpc) is 3.36. The maximum Gasteiger partial charge on any atom is 0.278 e. The van der Waals surface area contributed by atoms with Gasteiger partial charge < -0.3 is 5.32 Å². The first-order valence-electron chi connectivity index (χ1n) is 10.0. The average molecular weight is 439 g/mol. The topological polar surface area (TPSA) is 76.9 Å². The summed E-state index contributed by atoms with van der Waals surface area (Å²) in [6.07, 6.45) is 2.05. The Hall–Kier alpha value is -4.10. The predicted molar refractivity (Wildman–Crippen MR) is 127 cm³/mol. The fourth-order valence-corrected chi connectivity index (χ4v) is 4.15. The van der Waals surface area contributed by atoms with Crippen LogP contribution in [0.4, 0.5) is 5.69 Å². The normalized spacial score (nSPS) is 10.9. The molecule has 5 rings (SSSR count). The van der Waals surface area contributed by atoms with E-state index in [9.17, 15) is 9.59 Å². The third-order valence-electron chi connectivity index (χ3n) is 5.00. The lowest BCUT2D eigenvalue weighted by atomic mass is 10.1. The monoisotopic (exact) mass is 438 g/mol. The van der Waals surface area contributed by atoms with Crippen LogP contribution < -0.4 is 10.9 Å². The van der Waals surface area contributed by atoms with Crippen LogP contribution in [0, 0.1) is 0 Å². The number of thiophene rings is 1. The van der Waals surface area contributed by atoms with Crippen LogP contribution in [0.3, 0.4) is 0 Å². The molecule has 0 atom stereocenters. The van der Waals surface area contributed by atoms with Crippen LogP contribution in [0.25, 0.3) is 16.9 Å². The molecule has 1 amide bonds. The van der Waals surface area contributed by atoms with Gasteiger partial charge in [-0.25, -0.2) is 9.97 Å². The fourth-order valence-electron chi connectivity index (χ4n) is 3.53. The molecule has 0 spiro atoms. The number of anilines is 1. The van der Waals surface area contributed by atoms with Crippen LogP contribution in [0.15, 0.2) is 95.2 Å². The summed E-state index contributed by atoms with van der Waals surface area (Å²) < 4.78 is 1.56. The second-order valence-electron chi connectivity index (χ2n) is 7.19. The third-order valence-corrected chi connectivity index (χ3v) is 5.87. The van der Waals surface area contributed by atoms with Gasteiger partial charge in [-0.3, -0.25) is 14.2 Å². The van der Waals surface area contributed by atoms with E-state index in [1.807, 2.05) is 53.9 Å². The zero-order valence-corrected chi connectivity index (χ0v) is 17.8. The van der Waals surface area contributed by atoms with E-state index in [2.05, 4.69) is 15.3 Å². The van der Waals surface area contributed by atoms with Gasteiger partial charge in [0.2, 0.25) is 0 Å². The van der Waals surface area contributed by atoms with Crippen LogP contribution in [-0.4, -0.2) is 20.4 Å². The lowest BCUT2D eigenvalue weighted by Gasteiger charge is -2.13. The number of carbonyl (C=O) groups is 1. The van der Waals surface area contributed by atoms with E-state index >= 15 is 0 Å². The molecule has 3 aromatic heterocycles. The van der Waals surface area contributed by atoms with E-state index in [4.69, 9.17) is 0 Å². The molecule has 0 aliphatic rings. The molecule has 0 aliphatic carbocycles. The summed E-state index contributed by atoms with van der Waals surface area (Å²) in [6, 6.07) is 24.2. The summed E-state index contributed by atoms with van der Waals surface area (Å²) in [5.74, 6) is -0.188. The molecule has 0 saturated heterocycles. The number of fused-ring (bicyclic) bond motifs is 1. The van der Waals surface area contributed by atoms with Gasteiger partial charge in [0, 0.05) is 18.3 Å². The molecular formula is C25H18N4O2S. The van der Waals surface area contributed by atoms with Crippen LogP contribution in [-0.2, 0) is 6.42 Å². The zero-order valence-electron chi connectivity index (χ0n) is 16.9. The van der Waals surface area contributed by atoms with E-state index < -0.39 is 0 Å². The van der Waals surface area contributed by atoms with Crippen molar-refractivity contribution in [3.05, 3.63) is 117 Å². The highest BCUT2D eigenvalue weighted by Crippen LogP contribution is 2.19. The van der Waals surface area contributed by atoms with E-state index in [1.165, 1.54) is 11.3 Å². The number of nitrogens with zero attached hydrogens (tertiary/aromatic N) is 3. The second-order valence-corrected chi connectivity index (χ2v) is 8.14. The Morgan fingerprint density at radius 3 is 2.66 bits per heavy atom. The van der Waals surface area contributed by atoms with Gasteiger partial charge in [0.15, 0.2) is 5.65 Å². The fraction of sp³-hybridized carbons (Fsp3) is 0.0400. The quantitative estimate of drug-likeness (QED) is 0.432. The highest BCUT2D eigenvalue weighted by Gasteiger charge is 2.15. The number of rotatable bonds is 5. The number of hydrogen-bond donors (Lipinski definition) is 1. The molecule has 0 bridgehead atoms. The molecule has 0 radical (unpaired) electrons. The molecule has 156 valence electrons. The third kappa shape index (κ3) is 3.93. The molecule has 2 aromatic carbocycles. The van der Waals surface area contributed by atoms with Crippen LogP contribution in [0.1, 0.15) is 20.9 Å². The number of hydrogen-bond acceptors (Lipinski definition) is 5. The van der Waals surface area contributed by atoms with Crippen molar-refractivity contribution in [2.24, 2.45) is 0 Å². The number of pyridine rings is 1. The maximum atomic E-state index is 13.5. The van der Waals surface area contributed by atoms with Gasteiger partial charge in [-0.05, 0) is 47.3 Å². The number of benzene rings is 2. The predicted octanol–water partition coefficient (Wildman–Crippen LogP) is 4.69. The minimum atomic E-state index is -0.234. The summed E-state index contributed by atoms with van der Waals surface area (Å²) in [6.45, 7) is 0. The van der Waals surface area contributed by atoms with Crippen molar-refractivity contribution < 1.29 is 4.79 Å². The van der Waals surface area contributed by atoms with Crippen molar-refractivity contribution in [1.29, 1.82) is 0 Å². The second kappa shape index (κ2) is 8.56. The molecule has 3 heterocycles. The molecule has 6 nitrogen and oxygen atoms in total. The Balaban J connectivity index is 1.60. The van der Waals surface area contributed by atoms with E-state index in [-0.39, 0.29) is 11.5 Å². The van der Waals surface area contributed by atoms with Crippen molar-refractivity contribution in [1.82, 2.24) is 14.5 Å². The number of aromatic nitrogens is 3. The maximum absolute atomic E-state index is 13.5. The minimum Gasteiger partial charge on any atom is -0.321 e. The Labute approximate surface area is 187 Å². The molecule has 5 aromatic rings. The molecule has 0 unspecified atom stereocenters. The first-order valence-corrected chi connectivity index (χ1v) is 10.9. The van der Waals surface area contributed by atoms with Gasteiger partial charge in [0.25, 0.3) is 11.5 Å². The molecule has 1 N–H and O–H groups in total. The number of amides is 1. The number of nitrogens with one attached hydrogen (secondary N) is 1. The summed E-state index contributed by atoms with van der Waals surface area (Å²) in [5, 5.41) is 4.75. The van der Waals surface area contributed by atoms with Crippen molar-refractivity contribution in [3.63, 3.8) is 0 Å². The lowest BCUT2D eigenvalue weighted by Crippen LogP contribution is -2.25. The highest BCUT2D eigenvalue weighted by molar-refractivity contribution is 7.12. The summed E-state index contributed by atoms with van der Waals surface area (Å²) in [4.78, 5) is 35.6. The Morgan fingerprint density at radius 1 is 0.969 bits per heavy atom. The largest absolute Gasteiger partial charge is 0.321 e. The van der Waals surface area contributed by atoms with Gasteiger partial charge in [-0.1, -0.05) is 42.5 Å². The standard InChI is InChI=1S/C25H18N4O2S/c30-24(22-12-6-14-32-22)27-18-9-4-10-19(16-18)29-23-20(11-5-13-26-23)28-21(25(29)31)15-17-7-2-1-3-8-17/h1-14,16H,15H2,(H,27,30). The van der Waals surface area contributed by atoms with Crippen molar-refractivity contribution in [3.8, 4) is 5.69 Å². The Bertz CT molecular complexity index is 1460. The van der Waals surface area contributed by atoms with Gasteiger partial charge in [-0.15, -0.1) is 11.3 Å². The van der Waals surface area contributed by atoms with Gasteiger partial charge in [-0.2, -0.15) is 0 Å². The van der Waals surface area contributed by atoms with E-state index in [1.54, 1.807) is 41.1 Å². The summed E-state index contributed by atoms with van der Waals surface area (Å²) in [5.41, 5.74) is 3.51. The lowest BCUT2D eigenvalue weighted by molar-refractivity contribution is 0.103. The first kappa shape index (κ1) is 19.8. The van der Waals surface area contributed by atoms with Gasteiger partial charge in [0.05, 0.1) is 10.6 Å². The van der Waals surface area contributed by atoms with Crippen LogP contribution in [0.5, 0.6) is 0 Å². The van der Waals surface area contributed by atoms with Crippen molar-refractivity contribution in [2.75, 3.05) is 5.32 Å². The summed E-state index contributed by atoms with van der Waals surface area (Å²) >= 11 is 1.37.